The van der Waals surface area contributed by atoms with Crippen molar-refractivity contribution in [2.45, 2.75) is 37.4 Å². The maximum Gasteiger partial charge on any atom is 0.315 e. The molecule has 2 aromatic heterocycles. The average Bonchev–Trinajstić information content (AvgIpc) is 3.42. The molecule has 9 heteroatoms. The molecule has 1 saturated carbocycles. The standard InChI is InChI=1S/C19H21N7O2/c1-20-18(27)10-2-5-16-14(6-10)23-17(15-8-21-9-22-15)26(16)11-3-4-12-13(7-11)25-19(28)24-12/h2,5-6,8-9,11-13H,3-4,7H2,1H3,(H,20,27)(H,21,22)(H2,24,25,28). The molecule has 1 aromatic carbocycles. The maximum atomic E-state index is 12.0. The monoisotopic (exact) mass is 379 g/mol. The lowest BCUT2D eigenvalue weighted by molar-refractivity contribution is 0.0963. The number of carbonyl (C=O) groups excluding carboxylic acids is 2. The van der Waals surface area contributed by atoms with Gasteiger partial charge in [0.1, 0.15) is 5.69 Å². The predicted octanol–water partition coefficient (Wildman–Crippen LogP) is 1.56. The summed E-state index contributed by atoms with van der Waals surface area (Å²) < 4.78 is 2.22. The van der Waals surface area contributed by atoms with Crippen LogP contribution in [0.1, 0.15) is 35.7 Å². The van der Waals surface area contributed by atoms with Crippen LogP contribution in [0.4, 0.5) is 4.79 Å². The highest BCUT2D eigenvalue weighted by molar-refractivity contribution is 5.97. The van der Waals surface area contributed by atoms with E-state index in [0.717, 1.165) is 41.8 Å². The molecule has 1 aliphatic heterocycles. The SMILES string of the molecule is CNC(=O)c1ccc2c(c1)nc(-c1cnc[nH]1)n2C1CCC2NC(=O)NC2C1. The zero-order valence-electron chi connectivity index (χ0n) is 15.4. The van der Waals surface area contributed by atoms with Crippen LogP contribution in [-0.2, 0) is 0 Å². The van der Waals surface area contributed by atoms with Gasteiger partial charge in [-0.25, -0.2) is 14.8 Å². The normalized spacial score (nSPS) is 23.9. The van der Waals surface area contributed by atoms with E-state index in [0.29, 0.717) is 5.56 Å². The Morgan fingerprint density at radius 2 is 2.11 bits per heavy atom. The zero-order valence-corrected chi connectivity index (χ0v) is 15.4. The molecule has 28 heavy (non-hydrogen) atoms. The number of imidazole rings is 2. The van der Waals surface area contributed by atoms with E-state index < -0.39 is 0 Å². The maximum absolute atomic E-state index is 12.0. The summed E-state index contributed by atoms with van der Waals surface area (Å²) in [5.74, 6) is 0.655. The Labute approximate surface area is 160 Å². The molecule has 3 heterocycles. The lowest BCUT2D eigenvalue weighted by Gasteiger charge is -2.32. The molecule has 4 N–H and O–H groups in total. The van der Waals surface area contributed by atoms with Crippen LogP contribution in [0.5, 0.6) is 0 Å². The van der Waals surface area contributed by atoms with Crippen molar-refractivity contribution >= 4 is 23.0 Å². The third-order valence-corrected chi connectivity index (χ3v) is 5.74. The zero-order chi connectivity index (χ0) is 19.3. The van der Waals surface area contributed by atoms with Gasteiger partial charge in [0.2, 0.25) is 0 Å². The fourth-order valence-electron chi connectivity index (χ4n) is 4.42. The summed E-state index contributed by atoms with van der Waals surface area (Å²) >= 11 is 0. The molecule has 0 radical (unpaired) electrons. The van der Waals surface area contributed by atoms with Gasteiger partial charge in [-0.2, -0.15) is 0 Å². The Balaban J connectivity index is 1.61. The molecule has 0 spiro atoms. The minimum Gasteiger partial charge on any atom is -0.355 e. The van der Waals surface area contributed by atoms with Gasteiger partial charge in [0.25, 0.3) is 5.91 Å². The number of aromatic nitrogens is 4. The Morgan fingerprint density at radius 3 is 2.89 bits per heavy atom. The lowest BCUT2D eigenvalue weighted by Crippen LogP contribution is -2.40. The number of rotatable bonds is 3. The summed E-state index contributed by atoms with van der Waals surface area (Å²) in [5.41, 5.74) is 3.14. The largest absolute Gasteiger partial charge is 0.355 e. The van der Waals surface area contributed by atoms with Crippen LogP contribution in [-0.4, -0.2) is 50.6 Å². The first-order chi connectivity index (χ1) is 13.6. The van der Waals surface area contributed by atoms with Gasteiger partial charge in [-0.15, -0.1) is 0 Å². The van der Waals surface area contributed by atoms with E-state index >= 15 is 0 Å². The van der Waals surface area contributed by atoms with E-state index in [4.69, 9.17) is 4.98 Å². The van der Waals surface area contributed by atoms with Crippen LogP contribution in [0.15, 0.2) is 30.7 Å². The van der Waals surface area contributed by atoms with Gasteiger partial charge < -0.3 is 25.5 Å². The van der Waals surface area contributed by atoms with Crippen molar-refractivity contribution in [3.63, 3.8) is 0 Å². The van der Waals surface area contributed by atoms with Gasteiger partial charge in [0.15, 0.2) is 5.82 Å². The number of hydrogen-bond acceptors (Lipinski definition) is 4. The highest BCUT2D eigenvalue weighted by atomic mass is 16.2. The van der Waals surface area contributed by atoms with Crippen LogP contribution >= 0.6 is 0 Å². The van der Waals surface area contributed by atoms with E-state index in [1.807, 2.05) is 18.2 Å². The fourth-order valence-corrected chi connectivity index (χ4v) is 4.42. The highest BCUT2D eigenvalue weighted by Gasteiger charge is 2.38. The summed E-state index contributed by atoms with van der Waals surface area (Å²) in [5, 5.41) is 8.67. The highest BCUT2D eigenvalue weighted by Crippen LogP contribution is 2.36. The number of carbonyl (C=O) groups is 2. The molecule has 0 bridgehead atoms. The lowest BCUT2D eigenvalue weighted by atomic mass is 9.87. The molecule has 5 rings (SSSR count). The number of nitrogens with zero attached hydrogens (tertiary/aromatic N) is 3. The number of fused-ring (bicyclic) bond motifs is 2. The van der Waals surface area contributed by atoms with Crippen LogP contribution in [0.25, 0.3) is 22.6 Å². The van der Waals surface area contributed by atoms with E-state index in [9.17, 15) is 9.59 Å². The molecule has 2 aliphatic rings. The molecule has 9 nitrogen and oxygen atoms in total. The third-order valence-electron chi connectivity index (χ3n) is 5.74. The quantitative estimate of drug-likeness (QED) is 0.552. The van der Waals surface area contributed by atoms with Crippen molar-refractivity contribution in [3.05, 3.63) is 36.3 Å². The van der Waals surface area contributed by atoms with Gasteiger partial charge in [-0.05, 0) is 37.5 Å². The van der Waals surface area contributed by atoms with Crippen molar-refractivity contribution in [1.82, 2.24) is 35.5 Å². The van der Waals surface area contributed by atoms with E-state index in [2.05, 4.69) is 30.5 Å². The van der Waals surface area contributed by atoms with Crippen LogP contribution in [0.3, 0.4) is 0 Å². The number of urea groups is 1. The third kappa shape index (κ3) is 2.62. The number of aromatic amines is 1. The number of amides is 3. The van der Waals surface area contributed by atoms with Crippen LogP contribution < -0.4 is 16.0 Å². The summed E-state index contributed by atoms with van der Waals surface area (Å²) in [7, 11) is 1.61. The number of H-pyrrole nitrogens is 1. The molecule has 2 fully saturated rings. The first kappa shape index (κ1) is 16.8. The van der Waals surface area contributed by atoms with E-state index in [1.54, 1.807) is 19.6 Å². The second kappa shape index (κ2) is 6.36. The number of nitrogens with one attached hydrogen (secondary N) is 4. The van der Waals surface area contributed by atoms with Crippen molar-refractivity contribution in [2.24, 2.45) is 0 Å². The minimum atomic E-state index is -0.139. The number of benzene rings is 1. The molecule has 3 atom stereocenters. The second-order valence-corrected chi connectivity index (χ2v) is 7.35. The van der Waals surface area contributed by atoms with Gasteiger partial charge in [-0.1, -0.05) is 0 Å². The van der Waals surface area contributed by atoms with Crippen molar-refractivity contribution < 1.29 is 9.59 Å². The second-order valence-electron chi connectivity index (χ2n) is 7.35. The Morgan fingerprint density at radius 1 is 1.25 bits per heavy atom. The van der Waals surface area contributed by atoms with Crippen molar-refractivity contribution in [2.75, 3.05) is 7.05 Å². The van der Waals surface area contributed by atoms with Gasteiger partial charge in [0.05, 0.1) is 35.6 Å². The molecule has 144 valence electrons. The summed E-state index contributed by atoms with van der Waals surface area (Å²) in [6.07, 6.45) is 6.06. The smallest absolute Gasteiger partial charge is 0.315 e. The van der Waals surface area contributed by atoms with Crippen molar-refractivity contribution in [1.29, 1.82) is 0 Å². The first-order valence-electron chi connectivity index (χ1n) is 9.44. The van der Waals surface area contributed by atoms with Gasteiger partial charge >= 0.3 is 6.03 Å². The molecule has 3 aromatic rings. The minimum absolute atomic E-state index is 0.0878. The summed E-state index contributed by atoms with van der Waals surface area (Å²) in [6.45, 7) is 0. The average molecular weight is 379 g/mol. The molecule has 1 aliphatic carbocycles. The topological polar surface area (TPSA) is 117 Å². The van der Waals surface area contributed by atoms with Crippen LogP contribution in [0, 0.1) is 0 Å². The van der Waals surface area contributed by atoms with Gasteiger partial charge in [0, 0.05) is 18.7 Å². The van der Waals surface area contributed by atoms with E-state index in [-0.39, 0.29) is 30.1 Å². The summed E-state index contributed by atoms with van der Waals surface area (Å²) in [6, 6.07) is 5.99. The van der Waals surface area contributed by atoms with Crippen molar-refractivity contribution in [3.8, 4) is 11.5 Å². The predicted molar refractivity (Wildman–Crippen MR) is 103 cm³/mol. The Hall–Kier alpha value is -3.36. The molecule has 3 amide bonds. The first-order valence-corrected chi connectivity index (χ1v) is 9.44. The molecular formula is C19H21N7O2. The Kier molecular flexibility index (Phi) is 3.81. The fraction of sp³-hybridized carbons (Fsp3) is 0.368. The Bertz CT molecular complexity index is 1060. The molecule has 3 unspecified atom stereocenters. The van der Waals surface area contributed by atoms with Gasteiger partial charge in [-0.3, -0.25) is 4.79 Å². The molecular weight excluding hydrogens is 358 g/mol. The molecule has 1 saturated heterocycles. The van der Waals surface area contributed by atoms with Crippen LogP contribution in [0.2, 0.25) is 0 Å². The summed E-state index contributed by atoms with van der Waals surface area (Å²) in [4.78, 5) is 35.8. The number of hydrogen-bond donors (Lipinski definition) is 4. The van der Waals surface area contributed by atoms with E-state index in [1.165, 1.54) is 0 Å².